The van der Waals surface area contributed by atoms with Gasteiger partial charge in [0.1, 0.15) is 18.8 Å². The quantitative estimate of drug-likeness (QED) is 0.365. The zero-order valence-corrected chi connectivity index (χ0v) is 18.8. The predicted octanol–water partition coefficient (Wildman–Crippen LogP) is 1.76. The van der Waals surface area contributed by atoms with Crippen molar-refractivity contribution in [1.29, 1.82) is 0 Å². The number of ketones is 1. The predicted molar refractivity (Wildman–Crippen MR) is 123 cm³/mol. The maximum absolute atomic E-state index is 13.2. The van der Waals surface area contributed by atoms with Crippen LogP contribution in [0.3, 0.4) is 0 Å². The Balaban J connectivity index is 1.56. The zero-order chi connectivity index (χ0) is 25.3. The van der Waals surface area contributed by atoms with Crippen molar-refractivity contribution in [2.45, 2.75) is 38.4 Å². The van der Waals surface area contributed by atoms with Gasteiger partial charge in [0, 0.05) is 12.1 Å². The second-order valence-corrected chi connectivity index (χ2v) is 8.33. The lowest BCUT2D eigenvalue weighted by molar-refractivity contribution is -0.140. The monoisotopic (exact) mass is 482 g/mol. The molecule has 0 saturated heterocycles. The van der Waals surface area contributed by atoms with Gasteiger partial charge in [0.15, 0.2) is 5.78 Å². The number of benzene rings is 2. The molecule has 1 unspecified atom stereocenters. The van der Waals surface area contributed by atoms with E-state index in [9.17, 15) is 28.4 Å². The molecule has 1 aliphatic rings. The Morgan fingerprint density at radius 3 is 2.46 bits per heavy atom. The minimum absolute atomic E-state index is 0.158. The number of carbonyl (C=O) groups excluding carboxylic acids is 3. The van der Waals surface area contributed by atoms with Crippen molar-refractivity contribution in [3.05, 3.63) is 58.0 Å². The van der Waals surface area contributed by atoms with E-state index in [0.29, 0.717) is 22.2 Å². The molecule has 2 amide bonds. The number of aromatic nitrogens is 2. The topological polar surface area (TPSA) is 152 Å². The number of hydrogen-bond donors (Lipinski definition) is 4. The van der Waals surface area contributed by atoms with Crippen LogP contribution in [0.2, 0.25) is 0 Å². The molecule has 3 aromatic rings. The Labute approximate surface area is 198 Å². The maximum atomic E-state index is 13.2. The number of H-pyrrole nitrogens is 2. The summed E-state index contributed by atoms with van der Waals surface area (Å²) in [5.74, 6) is -3.50. The number of rotatable bonds is 9. The molecule has 182 valence electrons. The van der Waals surface area contributed by atoms with Crippen molar-refractivity contribution in [3.63, 3.8) is 0 Å². The van der Waals surface area contributed by atoms with Crippen LogP contribution in [-0.4, -0.2) is 62.3 Å². The molecule has 0 bridgehead atoms. The van der Waals surface area contributed by atoms with Gasteiger partial charge in [-0.15, -0.1) is 0 Å². The fourth-order valence-electron chi connectivity index (χ4n) is 4.30. The number of aromatic amines is 2. The lowest BCUT2D eigenvalue weighted by atomic mass is 10.00. The van der Waals surface area contributed by atoms with Crippen LogP contribution in [0.25, 0.3) is 22.2 Å². The molecule has 4 rings (SSSR count). The van der Waals surface area contributed by atoms with Gasteiger partial charge in [0.05, 0.1) is 17.5 Å². The van der Waals surface area contributed by atoms with Crippen LogP contribution in [-0.2, 0) is 20.9 Å². The summed E-state index contributed by atoms with van der Waals surface area (Å²) in [7, 11) is 0. The summed E-state index contributed by atoms with van der Waals surface area (Å²) in [6.45, 7) is 0.432. The van der Waals surface area contributed by atoms with E-state index in [-0.39, 0.29) is 24.6 Å². The zero-order valence-electron chi connectivity index (χ0n) is 18.8. The fourth-order valence-corrected chi connectivity index (χ4v) is 4.30. The number of carbonyl (C=O) groups is 4. The van der Waals surface area contributed by atoms with E-state index in [0.717, 1.165) is 11.1 Å². The van der Waals surface area contributed by atoms with Crippen molar-refractivity contribution in [2.75, 3.05) is 6.67 Å². The fraction of sp³-hybridized carbons (Fsp3) is 0.292. The van der Waals surface area contributed by atoms with Crippen molar-refractivity contribution in [2.24, 2.45) is 0 Å². The van der Waals surface area contributed by atoms with Crippen molar-refractivity contribution >= 4 is 34.6 Å². The molecule has 2 heterocycles. The molecule has 1 aliphatic heterocycles. The molecule has 0 radical (unpaired) electrons. The van der Waals surface area contributed by atoms with Gasteiger partial charge in [-0.2, -0.15) is 0 Å². The summed E-state index contributed by atoms with van der Waals surface area (Å²) in [6, 6.07) is 8.23. The molecule has 0 saturated carbocycles. The summed E-state index contributed by atoms with van der Waals surface area (Å²) in [4.78, 5) is 67.1. The smallest absolute Gasteiger partial charge is 0.323 e. The highest BCUT2D eigenvalue weighted by Gasteiger charge is 2.37. The summed E-state index contributed by atoms with van der Waals surface area (Å²) < 4.78 is 12.9. The Morgan fingerprint density at radius 2 is 1.77 bits per heavy atom. The van der Waals surface area contributed by atoms with Crippen molar-refractivity contribution in [3.8, 4) is 11.1 Å². The number of nitrogens with one attached hydrogen (secondary N) is 3. The lowest BCUT2D eigenvalue weighted by Gasteiger charge is -2.27. The van der Waals surface area contributed by atoms with E-state index < -0.39 is 42.8 Å². The number of alkyl halides is 1. The van der Waals surface area contributed by atoms with E-state index in [1.807, 2.05) is 12.1 Å². The summed E-state index contributed by atoms with van der Waals surface area (Å²) >= 11 is 0. The Bertz CT molecular complexity index is 1390. The summed E-state index contributed by atoms with van der Waals surface area (Å²) in [5, 5.41) is 11.3. The first-order valence-electron chi connectivity index (χ1n) is 11.0. The van der Waals surface area contributed by atoms with Crippen LogP contribution in [0, 0.1) is 0 Å². The van der Waals surface area contributed by atoms with Crippen LogP contribution in [0.4, 0.5) is 4.39 Å². The van der Waals surface area contributed by atoms with E-state index in [2.05, 4.69) is 15.3 Å². The van der Waals surface area contributed by atoms with E-state index in [1.165, 1.54) is 4.90 Å². The minimum atomic E-state index is -1.51. The van der Waals surface area contributed by atoms with E-state index in [1.54, 1.807) is 31.2 Å². The molecule has 10 nitrogen and oxygen atoms in total. The largest absolute Gasteiger partial charge is 0.481 e. The van der Waals surface area contributed by atoms with Gasteiger partial charge < -0.3 is 25.3 Å². The highest BCUT2D eigenvalue weighted by atomic mass is 19.1. The second-order valence-electron chi connectivity index (χ2n) is 8.33. The van der Waals surface area contributed by atoms with Crippen LogP contribution < -0.4 is 11.0 Å². The van der Waals surface area contributed by atoms with E-state index in [4.69, 9.17) is 5.11 Å². The van der Waals surface area contributed by atoms with E-state index >= 15 is 0 Å². The van der Waals surface area contributed by atoms with Gasteiger partial charge in [-0.25, -0.2) is 9.18 Å². The first-order chi connectivity index (χ1) is 16.7. The number of halogens is 1. The molecular formula is C24H23FN4O6. The molecule has 2 atom stereocenters. The Hall–Kier alpha value is -4.28. The third-order valence-corrected chi connectivity index (χ3v) is 6.07. The van der Waals surface area contributed by atoms with Gasteiger partial charge >= 0.3 is 11.7 Å². The lowest BCUT2D eigenvalue weighted by Crippen LogP contribution is -2.52. The summed E-state index contributed by atoms with van der Waals surface area (Å²) in [5.41, 5.74) is 3.62. The highest BCUT2D eigenvalue weighted by Crippen LogP contribution is 2.31. The van der Waals surface area contributed by atoms with Gasteiger partial charge in [-0.3, -0.25) is 19.2 Å². The standard InChI is InChI=1S/C24H23FN4O6/c1-2-19(22(33)26-18(9-21(31)32)20(30)10-25)29-11-14-4-3-12(7-15(14)23(29)34)13-5-6-16-17(8-13)28-24(35)27-16/h3-8,18-19H,2,9-11H2,1H3,(H,26,33)(H,31,32)(H2,27,28,35)/t18?,19-/m0/s1. The molecule has 2 aromatic carbocycles. The molecule has 0 fully saturated rings. The number of carboxylic acids is 1. The third kappa shape index (κ3) is 4.70. The molecular weight excluding hydrogens is 459 g/mol. The number of nitrogens with zero attached hydrogens (tertiary/aromatic N) is 1. The van der Waals surface area contributed by atoms with Crippen molar-refractivity contribution < 1.29 is 28.7 Å². The number of imidazole rings is 1. The molecule has 11 heteroatoms. The molecule has 0 spiro atoms. The Kier molecular flexibility index (Phi) is 6.50. The first kappa shape index (κ1) is 23.9. The van der Waals surface area contributed by atoms with Crippen LogP contribution in [0.5, 0.6) is 0 Å². The first-order valence-corrected chi connectivity index (χ1v) is 11.0. The summed E-state index contributed by atoms with van der Waals surface area (Å²) in [6.07, 6.45) is -0.543. The number of aliphatic carboxylic acids is 1. The average molecular weight is 482 g/mol. The average Bonchev–Trinajstić information content (AvgIpc) is 3.36. The van der Waals surface area contributed by atoms with Gasteiger partial charge in [-0.05, 0) is 41.3 Å². The number of carboxylic acid groups (broad SMARTS) is 1. The number of hydrogen-bond acceptors (Lipinski definition) is 5. The highest BCUT2D eigenvalue weighted by molar-refractivity contribution is 6.03. The Morgan fingerprint density at radius 1 is 1.09 bits per heavy atom. The SMILES string of the molecule is CC[C@@H](C(=O)NC(CC(=O)O)C(=O)CF)N1Cc2ccc(-c3ccc4[nH]c(=O)[nH]c4c3)cc2C1=O. The van der Waals surface area contributed by atoms with Crippen molar-refractivity contribution in [1.82, 2.24) is 20.2 Å². The minimum Gasteiger partial charge on any atom is -0.481 e. The molecule has 1 aromatic heterocycles. The van der Waals surface area contributed by atoms with Crippen LogP contribution in [0.15, 0.2) is 41.2 Å². The van der Waals surface area contributed by atoms with Crippen LogP contribution >= 0.6 is 0 Å². The molecule has 35 heavy (non-hydrogen) atoms. The van der Waals surface area contributed by atoms with Crippen LogP contribution in [0.1, 0.15) is 35.7 Å². The number of amides is 2. The number of Topliss-reactive ketones (excluding diaryl/α,β-unsaturated/α-hetero) is 1. The molecule has 0 aliphatic carbocycles. The maximum Gasteiger partial charge on any atom is 0.323 e. The van der Waals surface area contributed by atoms with Gasteiger partial charge in [0.25, 0.3) is 5.91 Å². The normalized spacial score (nSPS) is 14.6. The van der Waals surface area contributed by atoms with Gasteiger partial charge in [0.2, 0.25) is 5.91 Å². The molecule has 4 N–H and O–H groups in total. The number of fused-ring (bicyclic) bond motifs is 2. The third-order valence-electron chi connectivity index (χ3n) is 6.07. The second kappa shape index (κ2) is 9.53. The van der Waals surface area contributed by atoms with Gasteiger partial charge in [-0.1, -0.05) is 25.1 Å².